The van der Waals surface area contributed by atoms with Crippen molar-refractivity contribution in [2.75, 3.05) is 5.75 Å². The SMILES string of the molecule is Cc1nc(SCC(=O)N(Cc2ccccc2)Cc2ccccc2)c2c(-c3cccs3)csc2n1. The molecule has 0 bridgehead atoms. The van der Waals surface area contributed by atoms with Gasteiger partial charge in [-0.3, -0.25) is 4.79 Å². The summed E-state index contributed by atoms with van der Waals surface area (Å²) in [5, 5.41) is 6.15. The van der Waals surface area contributed by atoms with Gasteiger partial charge in [0.1, 0.15) is 15.7 Å². The van der Waals surface area contributed by atoms with Crippen LogP contribution < -0.4 is 0 Å². The molecule has 0 aliphatic heterocycles. The molecule has 3 heterocycles. The summed E-state index contributed by atoms with van der Waals surface area (Å²) in [5.41, 5.74) is 3.39. The highest BCUT2D eigenvalue weighted by molar-refractivity contribution is 8.00. The highest BCUT2D eigenvalue weighted by Gasteiger charge is 2.19. The van der Waals surface area contributed by atoms with E-state index in [1.54, 1.807) is 22.7 Å². The summed E-state index contributed by atoms with van der Waals surface area (Å²) in [5.74, 6) is 1.15. The average Bonchev–Trinajstić information content (AvgIpc) is 3.53. The molecule has 5 aromatic rings. The van der Waals surface area contributed by atoms with E-state index in [1.807, 2.05) is 48.2 Å². The van der Waals surface area contributed by atoms with Gasteiger partial charge in [-0.05, 0) is 29.5 Å². The fraction of sp³-hybridized carbons (Fsp3) is 0.148. The molecule has 1 amide bonds. The van der Waals surface area contributed by atoms with Crippen LogP contribution in [-0.2, 0) is 17.9 Å². The minimum absolute atomic E-state index is 0.0926. The Morgan fingerprint density at radius 1 is 0.882 bits per heavy atom. The van der Waals surface area contributed by atoms with Gasteiger partial charge in [0.25, 0.3) is 0 Å². The molecule has 0 spiro atoms. The molecule has 0 N–H and O–H groups in total. The number of aromatic nitrogens is 2. The molecule has 0 aliphatic rings. The van der Waals surface area contributed by atoms with E-state index in [4.69, 9.17) is 4.98 Å². The van der Waals surface area contributed by atoms with Gasteiger partial charge in [0, 0.05) is 28.9 Å². The van der Waals surface area contributed by atoms with Crippen LogP contribution in [0.2, 0.25) is 0 Å². The Balaban J connectivity index is 1.40. The number of amides is 1. The zero-order chi connectivity index (χ0) is 23.3. The number of rotatable bonds is 8. The summed E-state index contributed by atoms with van der Waals surface area (Å²) in [6.07, 6.45) is 0. The van der Waals surface area contributed by atoms with Crippen LogP contribution in [-0.4, -0.2) is 26.5 Å². The Morgan fingerprint density at radius 2 is 1.56 bits per heavy atom. The maximum absolute atomic E-state index is 13.5. The Bertz CT molecular complexity index is 1340. The highest BCUT2D eigenvalue weighted by Crippen LogP contribution is 2.40. The van der Waals surface area contributed by atoms with Gasteiger partial charge in [-0.15, -0.1) is 22.7 Å². The van der Waals surface area contributed by atoms with E-state index in [0.29, 0.717) is 18.8 Å². The second kappa shape index (κ2) is 10.5. The number of benzene rings is 2. The van der Waals surface area contributed by atoms with Crippen molar-refractivity contribution in [1.82, 2.24) is 14.9 Å². The lowest BCUT2D eigenvalue weighted by Crippen LogP contribution is -2.31. The highest BCUT2D eigenvalue weighted by atomic mass is 32.2. The molecule has 0 atom stereocenters. The maximum Gasteiger partial charge on any atom is 0.233 e. The predicted molar refractivity (Wildman–Crippen MR) is 143 cm³/mol. The van der Waals surface area contributed by atoms with Gasteiger partial charge in [-0.1, -0.05) is 78.5 Å². The fourth-order valence-corrected chi connectivity index (χ4v) is 6.65. The summed E-state index contributed by atoms with van der Waals surface area (Å²) in [4.78, 5) is 26.9. The van der Waals surface area contributed by atoms with Gasteiger partial charge in [0.2, 0.25) is 5.91 Å². The first-order valence-corrected chi connectivity index (χ1v) is 13.7. The Kier molecular flexibility index (Phi) is 7.04. The molecule has 0 unspecified atom stereocenters. The summed E-state index contributed by atoms with van der Waals surface area (Å²) < 4.78 is 0. The van der Waals surface area contributed by atoms with Crippen molar-refractivity contribution in [2.45, 2.75) is 25.0 Å². The van der Waals surface area contributed by atoms with Crippen LogP contribution in [0.4, 0.5) is 0 Å². The average molecular weight is 502 g/mol. The maximum atomic E-state index is 13.5. The molecule has 0 saturated heterocycles. The van der Waals surface area contributed by atoms with Crippen molar-refractivity contribution in [2.24, 2.45) is 0 Å². The number of thioether (sulfide) groups is 1. The van der Waals surface area contributed by atoms with Crippen molar-refractivity contribution in [3.8, 4) is 10.4 Å². The zero-order valence-corrected chi connectivity index (χ0v) is 21.1. The first-order chi connectivity index (χ1) is 16.7. The molecule has 5 rings (SSSR count). The molecule has 0 saturated carbocycles. The number of carbonyl (C=O) groups is 1. The van der Waals surface area contributed by atoms with Crippen LogP contribution >= 0.6 is 34.4 Å². The summed E-state index contributed by atoms with van der Waals surface area (Å²) >= 11 is 4.85. The quantitative estimate of drug-likeness (QED) is 0.169. The van der Waals surface area contributed by atoms with Gasteiger partial charge >= 0.3 is 0 Å². The molecule has 7 heteroatoms. The lowest BCUT2D eigenvalue weighted by Gasteiger charge is -2.23. The van der Waals surface area contributed by atoms with Gasteiger partial charge in [0.05, 0.1) is 11.1 Å². The van der Waals surface area contributed by atoms with E-state index in [2.05, 4.69) is 52.1 Å². The van der Waals surface area contributed by atoms with Crippen LogP contribution in [0.5, 0.6) is 0 Å². The molecule has 34 heavy (non-hydrogen) atoms. The number of aryl methyl sites for hydroxylation is 1. The molecule has 2 aromatic carbocycles. The molecular formula is C27H23N3OS3. The monoisotopic (exact) mass is 501 g/mol. The third-order valence-corrected chi connectivity index (χ3v) is 8.15. The molecule has 0 aliphatic carbocycles. The van der Waals surface area contributed by atoms with Crippen molar-refractivity contribution in [3.63, 3.8) is 0 Å². The van der Waals surface area contributed by atoms with E-state index >= 15 is 0 Å². The van der Waals surface area contributed by atoms with E-state index < -0.39 is 0 Å². The lowest BCUT2D eigenvalue weighted by molar-refractivity contribution is -0.129. The molecular weight excluding hydrogens is 479 g/mol. The standard InChI is InChI=1S/C27H23N3OS3/c1-19-28-26-25(22(17-33-26)23-13-8-14-32-23)27(29-19)34-18-24(31)30(15-20-9-4-2-5-10-20)16-21-11-6-3-7-12-21/h2-14,17H,15-16,18H2,1H3. The number of thiophene rings is 2. The third-order valence-electron chi connectivity index (χ3n) is 5.42. The van der Waals surface area contributed by atoms with Crippen LogP contribution in [0.25, 0.3) is 20.7 Å². The van der Waals surface area contributed by atoms with Crippen molar-refractivity contribution < 1.29 is 4.79 Å². The van der Waals surface area contributed by atoms with Crippen molar-refractivity contribution in [1.29, 1.82) is 0 Å². The molecule has 4 nitrogen and oxygen atoms in total. The second-order valence-corrected chi connectivity index (χ2v) is 10.7. The van der Waals surface area contributed by atoms with Gasteiger partial charge < -0.3 is 4.90 Å². The van der Waals surface area contributed by atoms with Crippen molar-refractivity contribution in [3.05, 3.63) is 101 Å². The van der Waals surface area contributed by atoms with Crippen molar-refractivity contribution >= 4 is 50.6 Å². The van der Waals surface area contributed by atoms with E-state index in [9.17, 15) is 4.79 Å². The third kappa shape index (κ3) is 5.22. The summed E-state index contributed by atoms with van der Waals surface area (Å²) in [6, 6.07) is 24.5. The molecule has 170 valence electrons. The van der Waals surface area contributed by atoms with Crippen LogP contribution in [0.1, 0.15) is 17.0 Å². The number of nitrogens with zero attached hydrogens (tertiary/aromatic N) is 3. The zero-order valence-electron chi connectivity index (χ0n) is 18.7. The van der Waals surface area contributed by atoms with Crippen LogP contribution in [0, 0.1) is 6.92 Å². The number of fused-ring (bicyclic) bond motifs is 1. The van der Waals surface area contributed by atoms with Crippen LogP contribution in [0.15, 0.2) is 88.6 Å². The minimum atomic E-state index is 0.0926. The smallest absolute Gasteiger partial charge is 0.233 e. The lowest BCUT2D eigenvalue weighted by atomic mass is 10.1. The Labute approximate surface area is 211 Å². The number of hydrogen-bond donors (Lipinski definition) is 0. The molecule has 3 aromatic heterocycles. The first-order valence-electron chi connectivity index (χ1n) is 11.0. The Hall–Kier alpha value is -3.00. The van der Waals surface area contributed by atoms with Gasteiger partial charge in [0.15, 0.2) is 0 Å². The fourth-order valence-electron chi connectivity index (χ4n) is 3.79. The first kappa shape index (κ1) is 22.8. The number of carbonyl (C=O) groups excluding carboxylic acids is 1. The minimum Gasteiger partial charge on any atom is -0.333 e. The normalized spacial score (nSPS) is 11.1. The summed E-state index contributed by atoms with van der Waals surface area (Å²) in [6.45, 7) is 3.06. The van der Waals surface area contributed by atoms with E-state index in [1.165, 1.54) is 16.6 Å². The molecule has 0 radical (unpaired) electrons. The van der Waals surface area contributed by atoms with E-state index in [-0.39, 0.29) is 5.91 Å². The summed E-state index contributed by atoms with van der Waals surface area (Å²) in [7, 11) is 0. The van der Waals surface area contributed by atoms with Gasteiger partial charge in [-0.25, -0.2) is 9.97 Å². The predicted octanol–water partition coefficient (Wildman–Crippen LogP) is 7.05. The van der Waals surface area contributed by atoms with Gasteiger partial charge in [-0.2, -0.15) is 0 Å². The Morgan fingerprint density at radius 3 is 2.18 bits per heavy atom. The second-order valence-electron chi connectivity index (χ2n) is 7.89. The number of hydrogen-bond acceptors (Lipinski definition) is 6. The largest absolute Gasteiger partial charge is 0.333 e. The molecule has 0 fully saturated rings. The topological polar surface area (TPSA) is 46.1 Å². The van der Waals surface area contributed by atoms with E-state index in [0.717, 1.165) is 37.8 Å². The van der Waals surface area contributed by atoms with Crippen LogP contribution in [0.3, 0.4) is 0 Å².